The summed E-state index contributed by atoms with van der Waals surface area (Å²) in [4.78, 5) is 49.9. The Morgan fingerprint density at radius 1 is 1.31 bits per heavy atom. The highest BCUT2D eigenvalue weighted by atomic mass is 35.5. The number of hydrogen-bond donors (Lipinski definition) is 2. The van der Waals surface area contributed by atoms with Crippen molar-refractivity contribution in [3.63, 3.8) is 0 Å². The summed E-state index contributed by atoms with van der Waals surface area (Å²) < 4.78 is 4.94. The van der Waals surface area contributed by atoms with Crippen LogP contribution in [0.25, 0.3) is 0 Å². The van der Waals surface area contributed by atoms with Crippen molar-refractivity contribution in [2.24, 2.45) is 5.92 Å². The SMILES string of the molecule is Cc1c(Cl)cccc1NC(=O)COC(=O)CN1C(=O)NC2(CCC(C)CC2)C1=O. The van der Waals surface area contributed by atoms with E-state index in [-0.39, 0.29) is 0 Å². The number of imide groups is 1. The van der Waals surface area contributed by atoms with Crippen molar-refractivity contribution in [2.45, 2.75) is 45.1 Å². The second-order valence-electron chi connectivity index (χ2n) is 7.71. The lowest BCUT2D eigenvalue weighted by Crippen LogP contribution is -2.49. The number of carbonyl (C=O) groups is 4. The Hall–Kier alpha value is -2.61. The Bertz CT molecular complexity index is 849. The second kappa shape index (κ2) is 8.41. The van der Waals surface area contributed by atoms with Gasteiger partial charge in [0, 0.05) is 10.7 Å². The van der Waals surface area contributed by atoms with Gasteiger partial charge in [0.2, 0.25) is 0 Å². The first kappa shape index (κ1) is 21.1. The molecule has 0 atom stereocenters. The molecule has 4 amide bonds. The number of amides is 4. The van der Waals surface area contributed by atoms with E-state index in [0.29, 0.717) is 35.0 Å². The average molecular weight is 422 g/mol. The van der Waals surface area contributed by atoms with Gasteiger partial charge >= 0.3 is 12.0 Å². The molecule has 0 aromatic heterocycles. The van der Waals surface area contributed by atoms with Crippen molar-refractivity contribution in [3.05, 3.63) is 28.8 Å². The van der Waals surface area contributed by atoms with Gasteiger partial charge in [-0.15, -0.1) is 0 Å². The molecule has 29 heavy (non-hydrogen) atoms. The number of rotatable bonds is 5. The standard InChI is InChI=1S/C20H24ClN3O5/c1-12-6-8-20(9-7-12)18(27)24(19(28)23-20)10-17(26)29-11-16(25)22-15-5-3-4-14(21)13(15)2/h3-5,12H,6-11H2,1-2H3,(H,22,25)(H,23,28). The molecule has 9 heteroatoms. The largest absolute Gasteiger partial charge is 0.454 e. The third-order valence-electron chi connectivity index (χ3n) is 5.57. The Morgan fingerprint density at radius 3 is 2.69 bits per heavy atom. The lowest BCUT2D eigenvalue weighted by Gasteiger charge is -2.33. The Kier molecular flexibility index (Phi) is 6.12. The zero-order valence-corrected chi connectivity index (χ0v) is 17.2. The van der Waals surface area contributed by atoms with E-state index in [1.165, 1.54) is 0 Å². The van der Waals surface area contributed by atoms with Gasteiger partial charge < -0.3 is 15.4 Å². The molecule has 1 saturated carbocycles. The molecule has 1 saturated heterocycles. The maximum atomic E-state index is 12.7. The van der Waals surface area contributed by atoms with Crippen molar-refractivity contribution in [1.29, 1.82) is 0 Å². The van der Waals surface area contributed by atoms with E-state index in [1.807, 2.05) is 0 Å². The third-order valence-corrected chi connectivity index (χ3v) is 5.98. The fourth-order valence-corrected chi connectivity index (χ4v) is 3.84. The molecule has 0 radical (unpaired) electrons. The van der Waals surface area contributed by atoms with Gasteiger partial charge in [-0.05, 0) is 56.2 Å². The molecule has 2 N–H and O–H groups in total. The third kappa shape index (κ3) is 4.53. The predicted octanol–water partition coefficient (Wildman–Crippen LogP) is 2.63. The molecule has 1 aliphatic carbocycles. The van der Waals surface area contributed by atoms with Crippen LogP contribution in [0, 0.1) is 12.8 Å². The fourth-order valence-electron chi connectivity index (χ4n) is 3.66. The Balaban J connectivity index is 1.51. The van der Waals surface area contributed by atoms with E-state index in [4.69, 9.17) is 16.3 Å². The van der Waals surface area contributed by atoms with Gasteiger partial charge in [-0.3, -0.25) is 19.3 Å². The predicted molar refractivity (Wildman–Crippen MR) is 106 cm³/mol. The molecule has 1 spiro atoms. The quantitative estimate of drug-likeness (QED) is 0.561. The maximum absolute atomic E-state index is 12.7. The minimum absolute atomic E-state index is 0.398. The molecule has 1 aromatic rings. The van der Waals surface area contributed by atoms with Crippen LogP contribution >= 0.6 is 11.6 Å². The van der Waals surface area contributed by atoms with Crippen LogP contribution in [0.15, 0.2) is 18.2 Å². The van der Waals surface area contributed by atoms with E-state index in [0.717, 1.165) is 17.7 Å². The van der Waals surface area contributed by atoms with Gasteiger partial charge in [0.15, 0.2) is 6.61 Å². The van der Waals surface area contributed by atoms with Crippen LogP contribution in [0.1, 0.15) is 38.2 Å². The van der Waals surface area contributed by atoms with Crippen molar-refractivity contribution in [2.75, 3.05) is 18.5 Å². The summed E-state index contributed by atoms with van der Waals surface area (Å²) in [7, 11) is 0. The number of urea groups is 1. The summed E-state index contributed by atoms with van der Waals surface area (Å²) >= 11 is 6.00. The van der Waals surface area contributed by atoms with Gasteiger partial charge in [-0.1, -0.05) is 24.6 Å². The van der Waals surface area contributed by atoms with Gasteiger partial charge in [-0.25, -0.2) is 4.79 Å². The van der Waals surface area contributed by atoms with Crippen LogP contribution in [0.5, 0.6) is 0 Å². The van der Waals surface area contributed by atoms with E-state index < -0.39 is 42.5 Å². The maximum Gasteiger partial charge on any atom is 0.326 e. The monoisotopic (exact) mass is 421 g/mol. The summed E-state index contributed by atoms with van der Waals surface area (Å²) in [6.07, 6.45) is 2.80. The molecule has 3 rings (SSSR count). The van der Waals surface area contributed by atoms with Crippen molar-refractivity contribution in [3.8, 4) is 0 Å². The van der Waals surface area contributed by atoms with Crippen LogP contribution in [-0.2, 0) is 19.1 Å². The van der Waals surface area contributed by atoms with Crippen LogP contribution in [0.2, 0.25) is 5.02 Å². The highest BCUT2D eigenvalue weighted by Gasteiger charge is 2.52. The van der Waals surface area contributed by atoms with E-state index in [1.54, 1.807) is 25.1 Å². The van der Waals surface area contributed by atoms with Gasteiger partial charge in [0.25, 0.3) is 11.8 Å². The lowest BCUT2D eigenvalue weighted by molar-refractivity contribution is -0.150. The van der Waals surface area contributed by atoms with Crippen LogP contribution < -0.4 is 10.6 Å². The van der Waals surface area contributed by atoms with E-state index in [9.17, 15) is 19.2 Å². The summed E-state index contributed by atoms with van der Waals surface area (Å²) in [5.74, 6) is -1.26. The van der Waals surface area contributed by atoms with E-state index >= 15 is 0 Å². The number of benzene rings is 1. The first-order valence-corrected chi connectivity index (χ1v) is 9.94. The molecule has 8 nitrogen and oxygen atoms in total. The van der Waals surface area contributed by atoms with Crippen molar-refractivity contribution in [1.82, 2.24) is 10.2 Å². The van der Waals surface area contributed by atoms with Crippen LogP contribution in [-0.4, -0.2) is 47.4 Å². The number of esters is 1. The fraction of sp³-hybridized carbons (Fsp3) is 0.500. The number of anilines is 1. The second-order valence-corrected chi connectivity index (χ2v) is 8.11. The average Bonchev–Trinajstić information content (AvgIpc) is 2.90. The molecular weight excluding hydrogens is 398 g/mol. The van der Waals surface area contributed by atoms with Crippen molar-refractivity contribution >= 4 is 41.1 Å². The smallest absolute Gasteiger partial charge is 0.326 e. The highest BCUT2D eigenvalue weighted by molar-refractivity contribution is 6.31. The highest BCUT2D eigenvalue weighted by Crippen LogP contribution is 2.36. The topological polar surface area (TPSA) is 105 Å². The normalized spacial score (nSPS) is 23.8. The number of nitrogens with one attached hydrogen (secondary N) is 2. The van der Waals surface area contributed by atoms with Crippen LogP contribution in [0.4, 0.5) is 10.5 Å². The number of ether oxygens (including phenoxy) is 1. The summed E-state index contributed by atoms with van der Waals surface area (Å²) in [5, 5.41) is 5.85. The molecule has 0 unspecified atom stereocenters. The van der Waals surface area contributed by atoms with Gasteiger partial charge in [-0.2, -0.15) is 0 Å². The zero-order valence-electron chi connectivity index (χ0n) is 16.4. The number of halogens is 1. The first-order valence-electron chi connectivity index (χ1n) is 9.56. The molecule has 156 valence electrons. The molecule has 1 heterocycles. The van der Waals surface area contributed by atoms with Crippen molar-refractivity contribution < 1.29 is 23.9 Å². The van der Waals surface area contributed by atoms with Gasteiger partial charge in [0.1, 0.15) is 12.1 Å². The molecule has 1 aromatic carbocycles. The molecule has 0 bridgehead atoms. The summed E-state index contributed by atoms with van der Waals surface area (Å²) in [6.45, 7) is 2.81. The number of nitrogens with zero attached hydrogens (tertiary/aromatic N) is 1. The lowest BCUT2D eigenvalue weighted by atomic mass is 9.77. The molecule has 2 aliphatic rings. The minimum Gasteiger partial charge on any atom is -0.454 e. The Morgan fingerprint density at radius 2 is 2.00 bits per heavy atom. The van der Waals surface area contributed by atoms with Gasteiger partial charge in [0.05, 0.1) is 0 Å². The first-order chi connectivity index (χ1) is 13.7. The molecular formula is C20H24ClN3O5. The zero-order chi connectivity index (χ0) is 21.2. The molecule has 1 aliphatic heterocycles. The number of carbonyl (C=O) groups excluding carboxylic acids is 4. The Labute approximate surface area is 173 Å². The summed E-state index contributed by atoms with van der Waals surface area (Å²) in [5.41, 5.74) is 0.298. The molecule has 2 fully saturated rings. The minimum atomic E-state index is -0.911. The van der Waals surface area contributed by atoms with Crippen LogP contribution in [0.3, 0.4) is 0 Å². The number of hydrogen-bond acceptors (Lipinski definition) is 5. The van der Waals surface area contributed by atoms with E-state index in [2.05, 4.69) is 17.6 Å². The summed E-state index contributed by atoms with van der Waals surface area (Å²) in [6, 6.07) is 4.47.